The van der Waals surface area contributed by atoms with Gasteiger partial charge in [-0.15, -0.1) is 0 Å². The summed E-state index contributed by atoms with van der Waals surface area (Å²) < 4.78 is 77.1. The third kappa shape index (κ3) is 4.83. The van der Waals surface area contributed by atoms with E-state index in [4.69, 9.17) is 18.0 Å². The first-order valence-corrected chi connectivity index (χ1v) is 7.72. The molecule has 0 heterocycles. The van der Waals surface area contributed by atoms with Crippen LogP contribution in [-0.2, 0) is 12.4 Å². The molecule has 24 heavy (non-hydrogen) atoms. The van der Waals surface area contributed by atoms with E-state index in [-0.39, 0.29) is 23.8 Å². The van der Waals surface area contributed by atoms with Crippen LogP contribution >= 0.6 is 12.2 Å². The molecule has 0 amide bonds. The van der Waals surface area contributed by atoms with E-state index in [1.54, 1.807) is 0 Å². The van der Waals surface area contributed by atoms with Gasteiger partial charge in [-0.05, 0) is 43.9 Å². The highest BCUT2D eigenvalue weighted by Crippen LogP contribution is 2.38. The van der Waals surface area contributed by atoms with Crippen molar-refractivity contribution < 1.29 is 26.3 Å². The molecule has 2 nitrogen and oxygen atoms in total. The number of halogens is 6. The monoisotopic (exact) mass is 370 g/mol. The van der Waals surface area contributed by atoms with Gasteiger partial charge >= 0.3 is 12.4 Å². The fraction of sp³-hybridized carbons (Fsp3) is 0.533. The lowest BCUT2D eigenvalue weighted by molar-refractivity contribution is -0.143. The Morgan fingerprint density at radius 1 is 0.917 bits per heavy atom. The predicted molar refractivity (Wildman–Crippen MR) is 82.9 cm³/mol. The Kier molecular flexibility index (Phi) is 5.44. The van der Waals surface area contributed by atoms with Gasteiger partial charge in [0.2, 0.25) is 0 Å². The second kappa shape index (κ2) is 6.87. The number of nitrogens with one attached hydrogen (secondary N) is 1. The van der Waals surface area contributed by atoms with E-state index in [1.165, 1.54) is 0 Å². The standard InChI is InChI=1S/C15H16F6N2S/c16-14(17,18)8-5-9(15(19,20)21)7-11(6-8)23-10-1-3-12(22)13(24)4-2-10/h5-7,10,12,23H,1-4,22H2/t10-,12+/m0/s1. The molecule has 1 aliphatic rings. The number of thiocarbonyl (C=S) groups is 1. The van der Waals surface area contributed by atoms with Gasteiger partial charge in [0.05, 0.1) is 11.1 Å². The summed E-state index contributed by atoms with van der Waals surface area (Å²) >= 11 is 5.12. The summed E-state index contributed by atoms with van der Waals surface area (Å²) in [5.74, 6) is 0. The summed E-state index contributed by atoms with van der Waals surface area (Å²) in [6.45, 7) is 0. The van der Waals surface area contributed by atoms with Gasteiger partial charge in [0.1, 0.15) is 0 Å². The van der Waals surface area contributed by atoms with Crippen molar-refractivity contribution in [2.45, 2.75) is 50.1 Å². The number of anilines is 1. The van der Waals surface area contributed by atoms with Gasteiger partial charge in [0.25, 0.3) is 0 Å². The summed E-state index contributed by atoms with van der Waals surface area (Å²) in [5.41, 5.74) is 2.96. The van der Waals surface area contributed by atoms with Crippen LogP contribution < -0.4 is 11.1 Å². The Hall–Kier alpha value is -1.35. The topological polar surface area (TPSA) is 38.0 Å². The van der Waals surface area contributed by atoms with Crippen LogP contribution in [0.25, 0.3) is 0 Å². The molecular weight excluding hydrogens is 354 g/mol. The van der Waals surface area contributed by atoms with Crippen molar-refractivity contribution in [2.75, 3.05) is 5.32 Å². The van der Waals surface area contributed by atoms with E-state index in [2.05, 4.69) is 5.32 Å². The molecule has 0 aliphatic heterocycles. The van der Waals surface area contributed by atoms with Gasteiger partial charge in [-0.3, -0.25) is 0 Å². The Morgan fingerprint density at radius 2 is 1.46 bits per heavy atom. The molecule has 0 spiro atoms. The first-order chi connectivity index (χ1) is 11.0. The Bertz CT molecular complexity index is 579. The van der Waals surface area contributed by atoms with Crippen molar-refractivity contribution in [3.05, 3.63) is 29.3 Å². The second-order valence-corrected chi connectivity index (χ2v) is 6.35. The van der Waals surface area contributed by atoms with Crippen LogP contribution in [-0.4, -0.2) is 16.9 Å². The molecule has 1 saturated carbocycles. The van der Waals surface area contributed by atoms with Gasteiger partial charge in [-0.25, -0.2) is 0 Å². The number of benzene rings is 1. The highest BCUT2D eigenvalue weighted by molar-refractivity contribution is 7.80. The van der Waals surface area contributed by atoms with Crippen LogP contribution in [0, 0.1) is 0 Å². The van der Waals surface area contributed by atoms with E-state index in [0.717, 1.165) is 0 Å². The Labute approximate surface area is 140 Å². The SMILES string of the molecule is N[C@@H]1CC[C@H](Nc2cc(C(F)(F)F)cc(C(F)(F)F)c2)CCC1=S. The summed E-state index contributed by atoms with van der Waals surface area (Å²) in [6.07, 6.45) is -7.61. The average Bonchev–Trinajstić information content (AvgIpc) is 2.61. The molecular formula is C15H16F6N2S. The zero-order valence-corrected chi connectivity index (χ0v) is 13.3. The smallest absolute Gasteiger partial charge is 0.382 e. The number of rotatable bonds is 2. The first kappa shape index (κ1) is 19.0. The Morgan fingerprint density at radius 3 is 1.96 bits per heavy atom. The summed E-state index contributed by atoms with van der Waals surface area (Å²) in [5, 5.41) is 2.77. The fourth-order valence-electron chi connectivity index (χ4n) is 2.61. The largest absolute Gasteiger partial charge is 0.416 e. The van der Waals surface area contributed by atoms with Crippen LogP contribution in [0.2, 0.25) is 0 Å². The molecule has 3 N–H and O–H groups in total. The second-order valence-electron chi connectivity index (χ2n) is 5.82. The quantitative estimate of drug-likeness (QED) is 0.447. The molecule has 1 aromatic rings. The van der Waals surface area contributed by atoms with E-state index in [0.29, 0.717) is 42.7 Å². The maximum absolute atomic E-state index is 12.9. The van der Waals surface area contributed by atoms with Crippen molar-refractivity contribution in [3.8, 4) is 0 Å². The van der Waals surface area contributed by atoms with Gasteiger partial charge in [-0.1, -0.05) is 12.2 Å². The lowest BCUT2D eigenvalue weighted by Gasteiger charge is -2.20. The molecule has 1 aliphatic carbocycles. The van der Waals surface area contributed by atoms with E-state index < -0.39 is 23.5 Å². The molecule has 1 fully saturated rings. The minimum absolute atomic E-state index is 0.114. The van der Waals surface area contributed by atoms with E-state index >= 15 is 0 Å². The zero-order chi connectivity index (χ0) is 18.1. The van der Waals surface area contributed by atoms with Gasteiger partial charge < -0.3 is 11.1 Å². The molecule has 0 aromatic heterocycles. The van der Waals surface area contributed by atoms with Crippen molar-refractivity contribution in [2.24, 2.45) is 5.73 Å². The average molecular weight is 370 g/mol. The van der Waals surface area contributed by atoms with Crippen molar-refractivity contribution in [3.63, 3.8) is 0 Å². The first-order valence-electron chi connectivity index (χ1n) is 7.31. The molecule has 0 unspecified atom stereocenters. The van der Waals surface area contributed by atoms with Crippen LogP contribution in [0.3, 0.4) is 0 Å². The lowest BCUT2D eigenvalue weighted by atomic mass is 10.1. The normalized spacial score (nSPS) is 23.0. The predicted octanol–water partition coefficient (Wildman–Crippen LogP) is 4.78. The van der Waals surface area contributed by atoms with Crippen molar-refractivity contribution in [1.29, 1.82) is 0 Å². The minimum Gasteiger partial charge on any atom is -0.382 e. The molecule has 1 aromatic carbocycles. The van der Waals surface area contributed by atoms with Gasteiger partial charge in [-0.2, -0.15) is 26.3 Å². The molecule has 0 saturated heterocycles. The zero-order valence-electron chi connectivity index (χ0n) is 12.5. The number of nitrogens with two attached hydrogens (primary N) is 1. The maximum atomic E-state index is 12.9. The van der Waals surface area contributed by atoms with Gasteiger partial charge in [0.15, 0.2) is 0 Å². The van der Waals surface area contributed by atoms with Crippen LogP contribution in [0.15, 0.2) is 18.2 Å². The molecule has 134 valence electrons. The molecule has 9 heteroatoms. The van der Waals surface area contributed by atoms with Gasteiger partial charge in [0, 0.05) is 22.6 Å². The van der Waals surface area contributed by atoms with E-state index in [1.807, 2.05) is 0 Å². The highest BCUT2D eigenvalue weighted by Gasteiger charge is 2.37. The van der Waals surface area contributed by atoms with Crippen molar-refractivity contribution in [1.82, 2.24) is 0 Å². The summed E-state index contributed by atoms with van der Waals surface area (Å²) in [6, 6.07) is 0.959. The number of hydrogen-bond donors (Lipinski definition) is 2. The highest BCUT2D eigenvalue weighted by atomic mass is 32.1. The van der Waals surface area contributed by atoms with E-state index in [9.17, 15) is 26.3 Å². The lowest BCUT2D eigenvalue weighted by Crippen LogP contribution is -2.27. The Balaban J connectivity index is 2.27. The summed E-state index contributed by atoms with van der Waals surface area (Å²) in [4.78, 5) is 0.680. The van der Waals surface area contributed by atoms with Crippen molar-refractivity contribution >= 4 is 22.8 Å². The van der Waals surface area contributed by atoms with Crippen LogP contribution in [0.4, 0.5) is 32.0 Å². The maximum Gasteiger partial charge on any atom is 0.416 e. The summed E-state index contributed by atoms with van der Waals surface area (Å²) in [7, 11) is 0. The molecule has 0 bridgehead atoms. The fourth-order valence-corrected chi connectivity index (χ4v) is 2.84. The third-order valence-electron chi connectivity index (χ3n) is 3.94. The molecule has 0 radical (unpaired) electrons. The third-order valence-corrected chi connectivity index (χ3v) is 4.44. The number of alkyl halides is 6. The molecule has 2 atom stereocenters. The number of hydrogen-bond acceptors (Lipinski definition) is 3. The minimum atomic E-state index is -4.86. The van der Waals surface area contributed by atoms with Crippen LogP contribution in [0.1, 0.15) is 36.8 Å². The van der Waals surface area contributed by atoms with Crippen LogP contribution in [0.5, 0.6) is 0 Å². The molecule has 2 rings (SSSR count).